The SMILES string of the molecule is O=C(NC1CCCCC1)c1cc(Cl)cnc1C(F)(F)F. The lowest BCUT2D eigenvalue weighted by atomic mass is 9.95. The molecule has 1 aliphatic rings. The second-order valence-corrected chi connectivity index (χ2v) is 5.29. The molecule has 0 spiro atoms. The average molecular weight is 307 g/mol. The molecule has 0 atom stereocenters. The van der Waals surface area contributed by atoms with Gasteiger partial charge in [-0.25, -0.2) is 4.98 Å². The van der Waals surface area contributed by atoms with E-state index in [0.29, 0.717) is 0 Å². The van der Waals surface area contributed by atoms with Crippen molar-refractivity contribution in [3.05, 3.63) is 28.5 Å². The van der Waals surface area contributed by atoms with Crippen LogP contribution < -0.4 is 5.32 Å². The van der Waals surface area contributed by atoms with E-state index in [9.17, 15) is 18.0 Å². The van der Waals surface area contributed by atoms with Crippen LogP contribution in [0.4, 0.5) is 13.2 Å². The molecule has 1 fully saturated rings. The largest absolute Gasteiger partial charge is 0.434 e. The summed E-state index contributed by atoms with van der Waals surface area (Å²) in [6.07, 6.45) is 0.850. The van der Waals surface area contributed by atoms with Crippen LogP contribution in [0.5, 0.6) is 0 Å². The first-order valence-electron chi connectivity index (χ1n) is 6.41. The van der Waals surface area contributed by atoms with Gasteiger partial charge in [0, 0.05) is 12.2 Å². The van der Waals surface area contributed by atoms with E-state index in [1.165, 1.54) is 0 Å². The van der Waals surface area contributed by atoms with E-state index < -0.39 is 23.3 Å². The maximum Gasteiger partial charge on any atom is 0.434 e. The van der Waals surface area contributed by atoms with E-state index >= 15 is 0 Å². The lowest BCUT2D eigenvalue weighted by Crippen LogP contribution is -2.37. The highest BCUT2D eigenvalue weighted by molar-refractivity contribution is 6.30. The number of hydrogen-bond donors (Lipinski definition) is 1. The molecule has 1 N–H and O–H groups in total. The summed E-state index contributed by atoms with van der Waals surface area (Å²) in [4.78, 5) is 15.3. The zero-order valence-electron chi connectivity index (χ0n) is 10.6. The minimum Gasteiger partial charge on any atom is -0.349 e. The molecule has 0 aromatic carbocycles. The second-order valence-electron chi connectivity index (χ2n) is 4.86. The minimum absolute atomic E-state index is 0.00629. The van der Waals surface area contributed by atoms with Gasteiger partial charge in [0.15, 0.2) is 5.69 Å². The molecule has 1 aliphatic carbocycles. The Morgan fingerprint density at radius 3 is 2.55 bits per heavy atom. The molecule has 0 aliphatic heterocycles. The fourth-order valence-corrected chi connectivity index (χ4v) is 2.51. The lowest BCUT2D eigenvalue weighted by Gasteiger charge is -2.23. The maximum absolute atomic E-state index is 12.8. The van der Waals surface area contributed by atoms with Gasteiger partial charge in [-0.1, -0.05) is 30.9 Å². The van der Waals surface area contributed by atoms with Gasteiger partial charge in [0.05, 0.1) is 10.6 Å². The molecule has 0 saturated heterocycles. The van der Waals surface area contributed by atoms with E-state index in [0.717, 1.165) is 44.4 Å². The molecule has 1 amide bonds. The first kappa shape index (κ1) is 15.1. The molecular formula is C13H14ClF3N2O. The van der Waals surface area contributed by atoms with Gasteiger partial charge in [-0.3, -0.25) is 4.79 Å². The number of rotatable bonds is 2. The number of nitrogens with zero attached hydrogens (tertiary/aromatic N) is 1. The van der Waals surface area contributed by atoms with E-state index in [2.05, 4.69) is 10.3 Å². The highest BCUT2D eigenvalue weighted by Crippen LogP contribution is 2.31. The van der Waals surface area contributed by atoms with Gasteiger partial charge in [-0.05, 0) is 18.9 Å². The van der Waals surface area contributed by atoms with Crippen molar-refractivity contribution in [1.29, 1.82) is 0 Å². The molecule has 3 nitrogen and oxygen atoms in total. The monoisotopic (exact) mass is 306 g/mol. The molecule has 1 heterocycles. The van der Waals surface area contributed by atoms with Crippen LogP contribution in [0.2, 0.25) is 5.02 Å². The van der Waals surface area contributed by atoms with Gasteiger partial charge in [-0.15, -0.1) is 0 Å². The first-order valence-corrected chi connectivity index (χ1v) is 6.79. The van der Waals surface area contributed by atoms with Crippen LogP contribution in [-0.2, 0) is 6.18 Å². The summed E-state index contributed by atoms with van der Waals surface area (Å²) in [5.74, 6) is -0.765. The molecule has 0 unspecified atom stereocenters. The standard InChI is InChI=1S/C13H14ClF3N2O/c14-8-6-10(11(18-7-8)13(15,16)17)12(20)19-9-4-2-1-3-5-9/h6-7,9H,1-5H2,(H,19,20). The quantitative estimate of drug-likeness (QED) is 0.902. The van der Waals surface area contributed by atoms with Crippen LogP contribution in [0.25, 0.3) is 0 Å². The molecule has 2 rings (SSSR count). The van der Waals surface area contributed by atoms with Gasteiger partial charge in [0.1, 0.15) is 0 Å². The van der Waals surface area contributed by atoms with Crippen LogP contribution in [0.1, 0.15) is 48.2 Å². The topological polar surface area (TPSA) is 42.0 Å². The van der Waals surface area contributed by atoms with Gasteiger partial charge < -0.3 is 5.32 Å². The van der Waals surface area contributed by atoms with E-state index in [1.54, 1.807) is 0 Å². The zero-order valence-corrected chi connectivity index (χ0v) is 11.4. The Kier molecular flexibility index (Phi) is 4.52. The summed E-state index contributed by atoms with van der Waals surface area (Å²) < 4.78 is 38.5. The third-order valence-corrected chi connectivity index (χ3v) is 3.51. The Balaban J connectivity index is 2.21. The van der Waals surface area contributed by atoms with Crippen LogP contribution in [0, 0.1) is 0 Å². The van der Waals surface area contributed by atoms with E-state index in [4.69, 9.17) is 11.6 Å². The maximum atomic E-state index is 12.8. The fraction of sp³-hybridized carbons (Fsp3) is 0.538. The number of amides is 1. The predicted molar refractivity (Wildman–Crippen MR) is 68.6 cm³/mol. The molecule has 110 valence electrons. The molecule has 0 radical (unpaired) electrons. The second kappa shape index (κ2) is 5.99. The van der Waals surface area contributed by atoms with Crippen molar-refractivity contribution in [2.45, 2.75) is 44.3 Å². The molecule has 20 heavy (non-hydrogen) atoms. The van der Waals surface area contributed by atoms with Gasteiger partial charge in [0.25, 0.3) is 5.91 Å². The van der Waals surface area contributed by atoms with Crippen molar-refractivity contribution in [2.75, 3.05) is 0 Å². The third kappa shape index (κ3) is 3.62. The van der Waals surface area contributed by atoms with Crippen LogP contribution >= 0.6 is 11.6 Å². The summed E-state index contributed by atoms with van der Waals surface area (Å²) in [5, 5.41) is 2.64. The predicted octanol–water partition coefficient (Wildman–Crippen LogP) is 3.82. The smallest absolute Gasteiger partial charge is 0.349 e. The summed E-state index contributed by atoms with van der Waals surface area (Å²) in [5.41, 5.74) is -1.72. The van der Waals surface area contributed by atoms with Crippen LogP contribution in [0.3, 0.4) is 0 Å². The normalized spacial score (nSPS) is 17.0. The number of aromatic nitrogens is 1. The van der Waals surface area contributed by atoms with Crippen molar-refractivity contribution in [3.8, 4) is 0 Å². The molecule has 1 aromatic heterocycles. The minimum atomic E-state index is -4.68. The lowest BCUT2D eigenvalue weighted by molar-refractivity contribution is -0.141. The summed E-state index contributed by atoms with van der Waals surface area (Å²) >= 11 is 5.64. The Hall–Kier alpha value is -1.30. The average Bonchev–Trinajstić information content (AvgIpc) is 2.38. The Morgan fingerprint density at radius 1 is 1.30 bits per heavy atom. The number of pyridine rings is 1. The number of alkyl halides is 3. The molecule has 1 aromatic rings. The van der Waals surface area contributed by atoms with Crippen molar-refractivity contribution < 1.29 is 18.0 Å². The number of hydrogen-bond acceptors (Lipinski definition) is 2. The zero-order chi connectivity index (χ0) is 14.8. The highest BCUT2D eigenvalue weighted by Gasteiger charge is 2.37. The number of carbonyl (C=O) groups is 1. The number of nitrogens with one attached hydrogen (secondary N) is 1. The highest BCUT2D eigenvalue weighted by atomic mass is 35.5. The fourth-order valence-electron chi connectivity index (χ4n) is 2.35. The Labute approximate surface area is 119 Å². The number of halogens is 4. The summed E-state index contributed by atoms with van der Waals surface area (Å²) in [7, 11) is 0. The van der Waals surface area contributed by atoms with Crippen LogP contribution in [-0.4, -0.2) is 16.9 Å². The molecule has 0 bridgehead atoms. The molecular weight excluding hydrogens is 293 g/mol. The Bertz CT molecular complexity index is 499. The van der Waals surface area contributed by atoms with Crippen molar-refractivity contribution in [2.24, 2.45) is 0 Å². The third-order valence-electron chi connectivity index (χ3n) is 3.31. The Morgan fingerprint density at radius 2 is 1.95 bits per heavy atom. The first-order chi connectivity index (χ1) is 9.38. The molecule has 1 saturated carbocycles. The van der Waals surface area contributed by atoms with Crippen molar-refractivity contribution in [3.63, 3.8) is 0 Å². The van der Waals surface area contributed by atoms with Crippen molar-refractivity contribution >= 4 is 17.5 Å². The van der Waals surface area contributed by atoms with Gasteiger partial charge in [0.2, 0.25) is 0 Å². The number of carbonyl (C=O) groups excluding carboxylic acids is 1. The van der Waals surface area contributed by atoms with Crippen LogP contribution in [0.15, 0.2) is 12.3 Å². The molecule has 7 heteroatoms. The summed E-state index contributed by atoms with van der Waals surface area (Å²) in [6, 6.07) is 0.937. The van der Waals surface area contributed by atoms with E-state index in [-0.39, 0.29) is 11.1 Å². The van der Waals surface area contributed by atoms with Gasteiger partial charge in [-0.2, -0.15) is 13.2 Å². The van der Waals surface area contributed by atoms with Gasteiger partial charge >= 0.3 is 6.18 Å². The summed E-state index contributed by atoms with van der Waals surface area (Å²) in [6.45, 7) is 0. The van der Waals surface area contributed by atoms with Crippen molar-refractivity contribution in [1.82, 2.24) is 10.3 Å². The van der Waals surface area contributed by atoms with E-state index in [1.807, 2.05) is 0 Å².